The number of fused-ring (bicyclic) bond motifs is 1. The predicted octanol–water partition coefficient (Wildman–Crippen LogP) is 1.85. The molecule has 1 aliphatic rings. The first-order valence-corrected chi connectivity index (χ1v) is 7.77. The summed E-state index contributed by atoms with van der Waals surface area (Å²) in [5, 5.41) is 2.63. The molecule has 1 aromatic rings. The number of benzene rings is 1. The van der Waals surface area contributed by atoms with Gasteiger partial charge in [0.25, 0.3) is 5.91 Å². The van der Waals surface area contributed by atoms with E-state index in [9.17, 15) is 9.59 Å². The Bertz CT molecular complexity index is 582. The van der Waals surface area contributed by atoms with Gasteiger partial charge in [-0.3, -0.25) is 4.79 Å². The Morgan fingerprint density at radius 3 is 2.83 bits per heavy atom. The summed E-state index contributed by atoms with van der Waals surface area (Å²) in [5.41, 5.74) is 0.777. The van der Waals surface area contributed by atoms with Crippen LogP contribution in [-0.4, -0.2) is 37.2 Å². The molecular weight excluding hydrogens is 298 g/mol. The second-order valence-corrected chi connectivity index (χ2v) is 6.08. The quantitative estimate of drug-likeness (QED) is 0.776. The Hall–Kier alpha value is -2.24. The standard InChI is InChI=1S/C17H23NO5/c1-4-8-18-14(19)10-22-15(20)11-21-13-7-5-6-12-9-17(2,3)23-16(12)13/h5-7H,4,8-11H2,1-3H3,(H,18,19). The lowest BCUT2D eigenvalue weighted by Gasteiger charge is -2.18. The van der Waals surface area contributed by atoms with Crippen LogP contribution in [0.3, 0.4) is 0 Å². The van der Waals surface area contributed by atoms with E-state index in [-0.39, 0.29) is 24.7 Å². The van der Waals surface area contributed by atoms with E-state index in [0.29, 0.717) is 18.0 Å². The van der Waals surface area contributed by atoms with Gasteiger partial charge in [0.2, 0.25) is 0 Å². The number of amides is 1. The molecule has 0 aromatic heterocycles. The molecule has 1 aromatic carbocycles. The Kier molecular flexibility index (Phi) is 5.47. The molecular formula is C17H23NO5. The lowest BCUT2D eigenvalue weighted by atomic mass is 10.0. The lowest BCUT2D eigenvalue weighted by molar-refractivity contribution is -0.150. The third kappa shape index (κ3) is 4.87. The number of carbonyl (C=O) groups excluding carboxylic acids is 2. The zero-order chi connectivity index (χ0) is 16.9. The van der Waals surface area contributed by atoms with Gasteiger partial charge in [-0.25, -0.2) is 4.79 Å². The summed E-state index contributed by atoms with van der Waals surface area (Å²) in [5.74, 6) is 0.281. The minimum Gasteiger partial charge on any atom is -0.483 e. The molecule has 0 atom stereocenters. The van der Waals surface area contributed by atoms with Crippen molar-refractivity contribution < 1.29 is 23.8 Å². The SMILES string of the molecule is CCCNC(=O)COC(=O)COc1cccc2c1OC(C)(C)C2. The number of hydrogen-bond donors (Lipinski definition) is 1. The van der Waals surface area contributed by atoms with E-state index in [1.807, 2.05) is 32.9 Å². The molecule has 1 N–H and O–H groups in total. The number of rotatable bonds is 7. The molecule has 0 fully saturated rings. The first-order valence-electron chi connectivity index (χ1n) is 7.77. The molecule has 0 saturated carbocycles. The van der Waals surface area contributed by atoms with Gasteiger partial charge in [-0.2, -0.15) is 0 Å². The average molecular weight is 321 g/mol. The highest BCUT2D eigenvalue weighted by atomic mass is 16.6. The molecule has 0 radical (unpaired) electrons. The molecule has 6 nitrogen and oxygen atoms in total. The smallest absolute Gasteiger partial charge is 0.344 e. The van der Waals surface area contributed by atoms with Crippen molar-refractivity contribution in [3.05, 3.63) is 23.8 Å². The summed E-state index contributed by atoms with van der Waals surface area (Å²) in [6, 6.07) is 5.59. The molecule has 0 unspecified atom stereocenters. The molecule has 0 saturated heterocycles. The molecule has 0 spiro atoms. The largest absolute Gasteiger partial charge is 0.483 e. The Morgan fingerprint density at radius 1 is 1.30 bits per heavy atom. The molecule has 0 aliphatic carbocycles. The van der Waals surface area contributed by atoms with Crippen LogP contribution in [0.25, 0.3) is 0 Å². The van der Waals surface area contributed by atoms with Crippen molar-refractivity contribution in [2.24, 2.45) is 0 Å². The van der Waals surface area contributed by atoms with Crippen molar-refractivity contribution >= 4 is 11.9 Å². The number of para-hydroxylation sites is 1. The summed E-state index contributed by atoms with van der Waals surface area (Å²) in [6.45, 7) is 5.96. The maximum atomic E-state index is 11.7. The zero-order valence-electron chi connectivity index (χ0n) is 13.8. The maximum absolute atomic E-state index is 11.7. The Morgan fingerprint density at radius 2 is 2.09 bits per heavy atom. The van der Waals surface area contributed by atoms with Crippen molar-refractivity contribution in [3.63, 3.8) is 0 Å². The average Bonchev–Trinajstić information content (AvgIpc) is 2.83. The van der Waals surface area contributed by atoms with Gasteiger partial charge in [0, 0.05) is 18.5 Å². The van der Waals surface area contributed by atoms with Gasteiger partial charge in [0.05, 0.1) is 0 Å². The van der Waals surface area contributed by atoms with Crippen molar-refractivity contribution in [1.82, 2.24) is 5.32 Å². The molecule has 1 amide bonds. The summed E-state index contributed by atoms with van der Waals surface area (Å²) in [7, 11) is 0. The van der Waals surface area contributed by atoms with Gasteiger partial charge >= 0.3 is 5.97 Å². The second-order valence-electron chi connectivity index (χ2n) is 6.08. The summed E-state index contributed by atoms with van der Waals surface area (Å²) >= 11 is 0. The van der Waals surface area contributed by atoms with E-state index in [2.05, 4.69) is 5.32 Å². The first kappa shape index (κ1) is 17.1. The van der Waals surface area contributed by atoms with Gasteiger partial charge in [-0.1, -0.05) is 19.1 Å². The topological polar surface area (TPSA) is 73.9 Å². The summed E-state index contributed by atoms with van der Waals surface area (Å²) in [6.07, 6.45) is 1.62. The summed E-state index contributed by atoms with van der Waals surface area (Å²) in [4.78, 5) is 23.0. The highest BCUT2D eigenvalue weighted by molar-refractivity contribution is 5.80. The van der Waals surface area contributed by atoms with Crippen LogP contribution in [0.1, 0.15) is 32.8 Å². The van der Waals surface area contributed by atoms with Crippen molar-refractivity contribution in [3.8, 4) is 11.5 Å². The molecule has 2 rings (SSSR count). The van der Waals surface area contributed by atoms with E-state index in [1.165, 1.54) is 0 Å². The number of carbonyl (C=O) groups is 2. The fourth-order valence-corrected chi connectivity index (χ4v) is 2.34. The highest BCUT2D eigenvalue weighted by Crippen LogP contribution is 2.41. The van der Waals surface area contributed by atoms with Gasteiger partial charge in [-0.05, 0) is 26.3 Å². The van der Waals surface area contributed by atoms with Gasteiger partial charge in [-0.15, -0.1) is 0 Å². The van der Waals surface area contributed by atoms with Crippen molar-refractivity contribution in [2.75, 3.05) is 19.8 Å². The van der Waals surface area contributed by atoms with Crippen LogP contribution < -0.4 is 14.8 Å². The lowest BCUT2D eigenvalue weighted by Crippen LogP contribution is -2.30. The molecule has 6 heteroatoms. The molecule has 126 valence electrons. The van der Waals surface area contributed by atoms with Gasteiger partial charge < -0.3 is 19.5 Å². The van der Waals surface area contributed by atoms with E-state index in [0.717, 1.165) is 18.4 Å². The number of ether oxygens (including phenoxy) is 3. The van der Waals surface area contributed by atoms with E-state index >= 15 is 0 Å². The van der Waals surface area contributed by atoms with Crippen LogP contribution in [0.2, 0.25) is 0 Å². The van der Waals surface area contributed by atoms with E-state index in [4.69, 9.17) is 14.2 Å². The number of hydrogen-bond acceptors (Lipinski definition) is 5. The highest BCUT2D eigenvalue weighted by Gasteiger charge is 2.32. The fourth-order valence-electron chi connectivity index (χ4n) is 2.34. The minimum atomic E-state index is -0.591. The molecule has 1 heterocycles. The zero-order valence-corrected chi connectivity index (χ0v) is 13.8. The number of esters is 1. The third-order valence-corrected chi connectivity index (χ3v) is 3.34. The van der Waals surface area contributed by atoms with Gasteiger partial charge in [0.15, 0.2) is 24.7 Å². The Balaban J connectivity index is 1.82. The molecule has 1 aliphatic heterocycles. The van der Waals surface area contributed by atoms with Crippen LogP contribution in [0, 0.1) is 0 Å². The van der Waals surface area contributed by atoms with Crippen LogP contribution in [-0.2, 0) is 20.7 Å². The van der Waals surface area contributed by atoms with Crippen LogP contribution in [0.4, 0.5) is 0 Å². The second kappa shape index (κ2) is 7.35. The summed E-state index contributed by atoms with van der Waals surface area (Å²) < 4.78 is 16.2. The normalized spacial score (nSPS) is 14.6. The van der Waals surface area contributed by atoms with E-state index in [1.54, 1.807) is 6.07 Å². The van der Waals surface area contributed by atoms with Crippen LogP contribution in [0.5, 0.6) is 11.5 Å². The van der Waals surface area contributed by atoms with Crippen molar-refractivity contribution in [2.45, 2.75) is 39.2 Å². The van der Waals surface area contributed by atoms with Crippen molar-refractivity contribution in [1.29, 1.82) is 0 Å². The number of nitrogens with one attached hydrogen (secondary N) is 1. The Labute approximate surface area is 136 Å². The van der Waals surface area contributed by atoms with E-state index < -0.39 is 5.97 Å². The minimum absolute atomic E-state index is 0.263. The van der Waals surface area contributed by atoms with Crippen LogP contribution >= 0.6 is 0 Å². The monoisotopic (exact) mass is 321 g/mol. The van der Waals surface area contributed by atoms with Gasteiger partial charge in [0.1, 0.15) is 5.60 Å². The fraction of sp³-hybridized carbons (Fsp3) is 0.529. The predicted molar refractivity (Wildman–Crippen MR) is 84.6 cm³/mol. The maximum Gasteiger partial charge on any atom is 0.344 e. The van der Waals surface area contributed by atoms with Crippen LogP contribution in [0.15, 0.2) is 18.2 Å². The first-order chi connectivity index (χ1) is 10.9. The third-order valence-electron chi connectivity index (χ3n) is 3.34. The molecule has 0 bridgehead atoms. The molecule has 23 heavy (non-hydrogen) atoms.